The number of Topliss-reactive ketones (excluding diaryl/α,β-unsaturated/α-hetero) is 2. The normalized spacial score (nSPS) is 15.8. The SMILES string of the molecule is O=C(C(=O)N1CCCCC1I)c1ccccc1.O=C(O)C(=O)c1ccccc1. The van der Waals surface area contributed by atoms with E-state index in [1.807, 2.05) is 6.07 Å². The number of carbonyl (C=O) groups is 4. The van der Waals surface area contributed by atoms with Crippen molar-refractivity contribution in [1.29, 1.82) is 0 Å². The van der Waals surface area contributed by atoms with Gasteiger partial charge >= 0.3 is 5.97 Å². The van der Waals surface area contributed by atoms with Gasteiger partial charge in [-0.2, -0.15) is 0 Å². The van der Waals surface area contributed by atoms with Gasteiger partial charge in [0.25, 0.3) is 11.7 Å². The summed E-state index contributed by atoms with van der Waals surface area (Å²) in [6, 6.07) is 16.7. The number of carbonyl (C=O) groups excluding carboxylic acids is 3. The van der Waals surface area contributed by atoms with Gasteiger partial charge in [-0.1, -0.05) is 83.3 Å². The van der Waals surface area contributed by atoms with Crippen molar-refractivity contribution in [2.24, 2.45) is 0 Å². The maximum Gasteiger partial charge on any atom is 0.377 e. The lowest BCUT2D eigenvalue weighted by Crippen LogP contribution is -2.44. The maximum absolute atomic E-state index is 12.1. The lowest BCUT2D eigenvalue weighted by atomic mass is 10.1. The number of rotatable bonds is 4. The van der Waals surface area contributed by atoms with E-state index in [2.05, 4.69) is 22.6 Å². The van der Waals surface area contributed by atoms with Crippen LogP contribution in [0.2, 0.25) is 0 Å². The van der Waals surface area contributed by atoms with Crippen molar-refractivity contribution in [3.05, 3.63) is 71.8 Å². The number of amides is 1. The van der Waals surface area contributed by atoms with Crippen LogP contribution in [0.15, 0.2) is 60.7 Å². The van der Waals surface area contributed by atoms with E-state index in [1.54, 1.807) is 47.4 Å². The summed E-state index contributed by atoms with van der Waals surface area (Å²) >= 11 is 2.24. The van der Waals surface area contributed by atoms with Gasteiger partial charge in [0.15, 0.2) is 0 Å². The third kappa shape index (κ3) is 5.98. The van der Waals surface area contributed by atoms with Crippen molar-refractivity contribution < 1.29 is 24.3 Å². The average molecular weight is 493 g/mol. The Kier molecular flexibility index (Phi) is 8.31. The first-order valence-electron chi connectivity index (χ1n) is 8.79. The van der Waals surface area contributed by atoms with Crippen LogP contribution in [0.4, 0.5) is 0 Å². The molecule has 1 fully saturated rings. The quantitative estimate of drug-likeness (QED) is 0.231. The molecule has 0 radical (unpaired) electrons. The summed E-state index contributed by atoms with van der Waals surface area (Å²) in [7, 11) is 0. The highest BCUT2D eigenvalue weighted by atomic mass is 127. The zero-order valence-corrected chi connectivity index (χ0v) is 17.2. The number of hydrogen-bond acceptors (Lipinski definition) is 4. The van der Waals surface area contributed by atoms with Crippen LogP contribution in [0.5, 0.6) is 0 Å². The number of alkyl halides is 1. The Morgan fingerprint density at radius 3 is 1.79 bits per heavy atom. The standard InChI is InChI=1S/C13H14INO2.C8H6O3/c14-11-8-4-5-9-15(11)13(17)12(16)10-6-2-1-3-7-10;9-7(8(10)11)6-4-2-1-3-5-6/h1-3,6-7,11H,4-5,8-9H2;1-5H,(H,10,11). The molecule has 1 amide bonds. The molecule has 1 unspecified atom stereocenters. The highest BCUT2D eigenvalue weighted by molar-refractivity contribution is 14.1. The van der Waals surface area contributed by atoms with E-state index in [-0.39, 0.29) is 15.5 Å². The molecule has 0 aliphatic carbocycles. The van der Waals surface area contributed by atoms with Gasteiger partial charge in [-0.3, -0.25) is 14.4 Å². The fourth-order valence-electron chi connectivity index (χ4n) is 2.68. The summed E-state index contributed by atoms with van der Waals surface area (Å²) in [5.74, 6) is -3.05. The van der Waals surface area contributed by atoms with Gasteiger partial charge in [-0.05, 0) is 19.3 Å². The average Bonchev–Trinajstić information content (AvgIpc) is 2.74. The van der Waals surface area contributed by atoms with Crippen LogP contribution in [0.3, 0.4) is 0 Å². The number of carboxylic acid groups (broad SMARTS) is 1. The molecule has 1 heterocycles. The maximum atomic E-state index is 12.1. The van der Waals surface area contributed by atoms with Crippen LogP contribution in [0.1, 0.15) is 40.0 Å². The molecule has 0 saturated carbocycles. The first kappa shape index (κ1) is 21.7. The summed E-state index contributed by atoms with van der Waals surface area (Å²) in [5.41, 5.74) is 0.687. The first-order valence-corrected chi connectivity index (χ1v) is 10.0. The van der Waals surface area contributed by atoms with Crippen molar-refractivity contribution >= 4 is 46.0 Å². The Morgan fingerprint density at radius 1 is 0.821 bits per heavy atom. The molecule has 6 nitrogen and oxygen atoms in total. The third-order valence-electron chi connectivity index (χ3n) is 4.15. The largest absolute Gasteiger partial charge is 0.475 e. The van der Waals surface area contributed by atoms with Crippen LogP contribution >= 0.6 is 22.6 Å². The molecule has 3 rings (SSSR count). The van der Waals surface area contributed by atoms with Gasteiger partial charge in [-0.15, -0.1) is 0 Å². The van der Waals surface area contributed by atoms with Crippen LogP contribution in [0, 0.1) is 0 Å². The predicted octanol–water partition coefficient (Wildman–Crippen LogP) is 3.60. The second-order valence-corrected chi connectivity index (χ2v) is 7.56. The Hall–Kier alpha value is -2.55. The number of carboxylic acids is 1. The number of benzene rings is 2. The van der Waals surface area contributed by atoms with Gasteiger partial charge in [0.2, 0.25) is 5.78 Å². The molecule has 0 bridgehead atoms. The highest BCUT2D eigenvalue weighted by Gasteiger charge is 2.29. The molecule has 1 aliphatic rings. The fourth-order valence-corrected chi connectivity index (χ4v) is 3.65. The van der Waals surface area contributed by atoms with E-state index in [1.165, 1.54) is 12.1 Å². The molecular weight excluding hydrogens is 473 g/mol. The summed E-state index contributed by atoms with van der Waals surface area (Å²) in [4.78, 5) is 46.7. The third-order valence-corrected chi connectivity index (χ3v) is 5.45. The summed E-state index contributed by atoms with van der Waals surface area (Å²) in [5, 5.41) is 8.29. The number of ketones is 2. The zero-order chi connectivity index (χ0) is 20.5. The number of piperidine rings is 1. The molecule has 146 valence electrons. The molecule has 0 aromatic heterocycles. The van der Waals surface area contributed by atoms with E-state index >= 15 is 0 Å². The Morgan fingerprint density at radius 2 is 1.32 bits per heavy atom. The summed E-state index contributed by atoms with van der Waals surface area (Å²) < 4.78 is 0.154. The molecule has 0 spiro atoms. The van der Waals surface area contributed by atoms with Crippen molar-refractivity contribution in [2.75, 3.05) is 6.54 Å². The van der Waals surface area contributed by atoms with E-state index in [0.717, 1.165) is 19.3 Å². The molecule has 1 N–H and O–H groups in total. The minimum atomic E-state index is -1.42. The Labute approximate surface area is 176 Å². The van der Waals surface area contributed by atoms with Gasteiger partial charge in [0.05, 0.1) is 4.05 Å². The van der Waals surface area contributed by atoms with Crippen molar-refractivity contribution in [3.8, 4) is 0 Å². The van der Waals surface area contributed by atoms with Gasteiger partial charge in [0.1, 0.15) is 0 Å². The number of aliphatic carboxylic acids is 1. The zero-order valence-electron chi connectivity index (χ0n) is 15.1. The van der Waals surface area contributed by atoms with E-state index < -0.39 is 17.5 Å². The molecule has 1 saturated heterocycles. The molecule has 1 aliphatic heterocycles. The van der Waals surface area contributed by atoms with Crippen LogP contribution in [-0.2, 0) is 9.59 Å². The highest BCUT2D eigenvalue weighted by Crippen LogP contribution is 2.22. The van der Waals surface area contributed by atoms with E-state index in [4.69, 9.17) is 5.11 Å². The molecule has 1 atom stereocenters. The molecule has 7 heteroatoms. The van der Waals surface area contributed by atoms with Gasteiger partial charge in [-0.25, -0.2) is 4.79 Å². The molecular formula is C21H20INO5. The lowest BCUT2D eigenvalue weighted by Gasteiger charge is -2.31. The predicted molar refractivity (Wildman–Crippen MR) is 113 cm³/mol. The fraction of sp³-hybridized carbons (Fsp3) is 0.238. The second kappa shape index (κ2) is 10.7. The Balaban J connectivity index is 0.000000221. The van der Waals surface area contributed by atoms with E-state index in [9.17, 15) is 19.2 Å². The molecule has 2 aromatic carbocycles. The van der Waals surface area contributed by atoms with Crippen molar-refractivity contribution in [3.63, 3.8) is 0 Å². The molecule has 28 heavy (non-hydrogen) atoms. The topological polar surface area (TPSA) is 91.8 Å². The molecule has 2 aromatic rings. The van der Waals surface area contributed by atoms with Crippen molar-refractivity contribution in [1.82, 2.24) is 4.90 Å². The Bertz CT molecular complexity index is 838. The van der Waals surface area contributed by atoms with Crippen LogP contribution < -0.4 is 0 Å². The van der Waals surface area contributed by atoms with Gasteiger partial charge < -0.3 is 10.0 Å². The number of halogens is 1. The van der Waals surface area contributed by atoms with Crippen LogP contribution in [-0.4, -0.2) is 44.0 Å². The monoisotopic (exact) mass is 493 g/mol. The first-order chi connectivity index (χ1) is 13.4. The lowest BCUT2D eigenvalue weighted by molar-refractivity contribution is -0.131. The van der Waals surface area contributed by atoms with Gasteiger partial charge in [0, 0.05) is 17.7 Å². The van der Waals surface area contributed by atoms with E-state index in [0.29, 0.717) is 12.1 Å². The summed E-state index contributed by atoms with van der Waals surface area (Å²) in [6.45, 7) is 0.699. The number of hydrogen-bond donors (Lipinski definition) is 1. The number of nitrogens with zero attached hydrogens (tertiary/aromatic N) is 1. The van der Waals surface area contributed by atoms with Crippen LogP contribution in [0.25, 0.3) is 0 Å². The number of likely N-dealkylation sites (tertiary alicyclic amines) is 1. The minimum absolute atomic E-state index is 0.154. The summed E-state index contributed by atoms with van der Waals surface area (Å²) in [6.07, 6.45) is 3.11. The smallest absolute Gasteiger partial charge is 0.377 e. The van der Waals surface area contributed by atoms with Crippen molar-refractivity contribution in [2.45, 2.75) is 23.3 Å². The second-order valence-electron chi connectivity index (χ2n) is 6.12. The minimum Gasteiger partial charge on any atom is -0.475 e.